The van der Waals surface area contributed by atoms with Gasteiger partial charge in [0.1, 0.15) is 0 Å². The van der Waals surface area contributed by atoms with Gasteiger partial charge >= 0.3 is 0 Å². The van der Waals surface area contributed by atoms with Crippen molar-refractivity contribution in [2.75, 3.05) is 32.8 Å². The Hall–Kier alpha value is -3.21. The highest BCUT2D eigenvalue weighted by Crippen LogP contribution is 2.47. The van der Waals surface area contributed by atoms with Crippen molar-refractivity contribution in [3.63, 3.8) is 0 Å². The molecule has 1 heterocycles. The van der Waals surface area contributed by atoms with Crippen LogP contribution in [-0.2, 0) is 4.79 Å². The van der Waals surface area contributed by atoms with Crippen LogP contribution < -0.4 is 19.1 Å². The topological polar surface area (TPSA) is 48.0 Å². The fourth-order valence-corrected chi connectivity index (χ4v) is 4.46. The van der Waals surface area contributed by atoms with Gasteiger partial charge in [0.25, 0.3) is 0 Å². The number of carbonyl (C=O) groups excluding carboxylic acids is 1. The molecule has 3 aromatic rings. The quantitative estimate of drug-likeness (QED) is 0.569. The molecule has 1 aliphatic rings. The number of benzene rings is 3. The monoisotopic (exact) mass is 405 g/mol. The van der Waals surface area contributed by atoms with Gasteiger partial charge in [-0.25, -0.2) is 0 Å². The van der Waals surface area contributed by atoms with Crippen molar-refractivity contribution in [3.05, 3.63) is 59.7 Å². The Bertz CT molecular complexity index is 1070. The van der Waals surface area contributed by atoms with E-state index >= 15 is 0 Å². The van der Waals surface area contributed by atoms with Gasteiger partial charge in [0.2, 0.25) is 11.7 Å². The molecule has 1 amide bonds. The lowest BCUT2D eigenvalue weighted by Crippen LogP contribution is -2.37. The zero-order chi connectivity index (χ0) is 21.3. The van der Waals surface area contributed by atoms with Crippen LogP contribution >= 0.6 is 0 Å². The lowest BCUT2D eigenvalue weighted by Gasteiger charge is -2.35. The Morgan fingerprint density at radius 2 is 1.67 bits per heavy atom. The molecule has 0 aliphatic carbocycles. The standard InChI is InChI=1S/C25H27NO4/c1-5-12-26-20-11-10-16-8-6-7-9-18(16)24(20)19(15-23(26)27)17-13-21(28-2)25(30-4)22(14-17)29-3/h6-11,13-14,19H,5,12,15H2,1-4H3. The fourth-order valence-electron chi connectivity index (χ4n) is 4.46. The molecule has 4 rings (SSSR count). The third kappa shape index (κ3) is 3.24. The van der Waals surface area contributed by atoms with E-state index in [-0.39, 0.29) is 11.8 Å². The zero-order valence-corrected chi connectivity index (χ0v) is 17.9. The Labute approximate surface area is 177 Å². The molecule has 0 fully saturated rings. The molecule has 1 atom stereocenters. The summed E-state index contributed by atoms with van der Waals surface area (Å²) in [5.74, 6) is 1.78. The van der Waals surface area contributed by atoms with Crippen molar-refractivity contribution >= 4 is 22.4 Å². The van der Waals surface area contributed by atoms with Crippen LogP contribution in [0.15, 0.2) is 48.5 Å². The predicted molar refractivity (Wildman–Crippen MR) is 119 cm³/mol. The maximum atomic E-state index is 13.1. The Morgan fingerprint density at radius 1 is 0.967 bits per heavy atom. The maximum absolute atomic E-state index is 13.1. The van der Waals surface area contributed by atoms with Gasteiger partial charge in [-0.2, -0.15) is 0 Å². The van der Waals surface area contributed by atoms with Gasteiger partial charge in [-0.1, -0.05) is 37.3 Å². The number of anilines is 1. The molecule has 1 unspecified atom stereocenters. The van der Waals surface area contributed by atoms with Gasteiger partial charge in [0, 0.05) is 24.6 Å². The van der Waals surface area contributed by atoms with Gasteiger partial charge in [-0.3, -0.25) is 4.79 Å². The first kappa shape index (κ1) is 20.1. The number of hydrogen-bond acceptors (Lipinski definition) is 4. The number of carbonyl (C=O) groups is 1. The van der Waals surface area contributed by atoms with Crippen molar-refractivity contribution in [2.45, 2.75) is 25.7 Å². The van der Waals surface area contributed by atoms with Crippen LogP contribution in [0, 0.1) is 0 Å². The third-order valence-corrected chi connectivity index (χ3v) is 5.80. The molecule has 0 aromatic heterocycles. The van der Waals surface area contributed by atoms with E-state index in [0.717, 1.165) is 17.7 Å². The van der Waals surface area contributed by atoms with E-state index in [0.29, 0.717) is 30.2 Å². The van der Waals surface area contributed by atoms with Crippen LogP contribution in [0.5, 0.6) is 17.2 Å². The van der Waals surface area contributed by atoms with Crippen molar-refractivity contribution in [1.29, 1.82) is 0 Å². The molecule has 1 aliphatic heterocycles. The SMILES string of the molecule is CCCN1C(=O)CC(c2cc(OC)c(OC)c(OC)c2)c2c1ccc1ccccc21. The molecular weight excluding hydrogens is 378 g/mol. The van der Waals surface area contributed by atoms with E-state index < -0.39 is 0 Å². The summed E-state index contributed by atoms with van der Waals surface area (Å²) in [6.45, 7) is 2.81. The van der Waals surface area contributed by atoms with Crippen LogP contribution in [0.4, 0.5) is 5.69 Å². The van der Waals surface area contributed by atoms with Gasteiger partial charge in [0.05, 0.1) is 21.3 Å². The normalized spacial score (nSPS) is 15.8. The third-order valence-electron chi connectivity index (χ3n) is 5.80. The number of nitrogens with zero attached hydrogens (tertiary/aromatic N) is 1. The number of methoxy groups -OCH3 is 3. The second-order valence-corrected chi connectivity index (χ2v) is 7.48. The first-order valence-electron chi connectivity index (χ1n) is 10.2. The summed E-state index contributed by atoms with van der Waals surface area (Å²) in [5.41, 5.74) is 3.15. The van der Waals surface area contributed by atoms with Crippen LogP contribution in [0.3, 0.4) is 0 Å². The maximum Gasteiger partial charge on any atom is 0.227 e. The molecule has 0 saturated carbocycles. The minimum absolute atomic E-state index is 0.0968. The van der Waals surface area contributed by atoms with Crippen LogP contribution in [0.25, 0.3) is 10.8 Å². The number of amides is 1. The van der Waals surface area contributed by atoms with Gasteiger partial charge in [0.15, 0.2) is 11.5 Å². The lowest BCUT2D eigenvalue weighted by molar-refractivity contribution is -0.119. The molecule has 156 valence electrons. The predicted octanol–water partition coefficient (Wildman–Crippen LogP) is 5.14. The Kier molecular flexibility index (Phi) is 5.53. The zero-order valence-electron chi connectivity index (χ0n) is 17.9. The highest BCUT2D eigenvalue weighted by atomic mass is 16.5. The average molecular weight is 405 g/mol. The minimum atomic E-state index is -0.0968. The van der Waals surface area contributed by atoms with E-state index in [1.54, 1.807) is 21.3 Å². The smallest absolute Gasteiger partial charge is 0.227 e. The number of fused-ring (bicyclic) bond motifs is 3. The van der Waals surface area contributed by atoms with Crippen molar-refractivity contribution in [3.8, 4) is 17.2 Å². The van der Waals surface area contributed by atoms with Crippen molar-refractivity contribution in [2.24, 2.45) is 0 Å². The molecular formula is C25H27NO4. The van der Waals surface area contributed by atoms with E-state index in [9.17, 15) is 4.79 Å². The molecule has 0 N–H and O–H groups in total. The molecule has 0 bridgehead atoms. The summed E-state index contributed by atoms with van der Waals surface area (Å²) in [4.78, 5) is 15.1. The summed E-state index contributed by atoms with van der Waals surface area (Å²) in [5, 5.41) is 2.34. The highest BCUT2D eigenvalue weighted by molar-refractivity contribution is 6.03. The molecule has 0 spiro atoms. The Balaban J connectivity index is 1.97. The highest BCUT2D eigenvalue weighted by Gasteiger charge is 2.34. The molecule has 30 heavy (non-hydrogen) atoms. The summed E-state index contributed by atoms with van der Waals surface area (Å²) in [6, 6.07) is 16.4. The largest absolute Gasteiger partial charge is 0.493 e. The van der Waals surface area contributed by atoms with Crippen LogP contribution in [0.1, 0.15) is 36.8 Å². The van der Waals surface area contributed by atoms with Gasteiger partial charge in [-0.15, -0.1) is 0 Å². The fraction of sp³-hybridized carbons (Fsp3) is 0.320. The lowest BCUT2D eigenvalue weighted by atomic mass is 9.81. The molecule has 5 heteroatoms. The first-order chi connectivity index (χ1) is 14.6. The molecule has 3 aromatic carbocycles. The first-order valence-corrected chi connectivity index (χ1v) is 10.2. The summed E-state index contributed by atoms with van der Waals surface area (Å²) in [7, 11) is 4.81. The van der Waals surface area contributed by atoms with E-state index in [1.807, 2.05) is 23.1 Å². The number of ether oxygens (including phenoxy) is 3. The van der Waals surface area contributed by atoms with Gasteiger partial charge < -0.3 is 19.1 Å². The molecule has 0 saturated heterocycles. The number of hydrogen-bond donors (Lipinski definition) is 0. The molecule has 0 radical (unpaired) electrons. The van der Waals surface area contributed by atoms with Crippen LogP contribution in [0.2, 0.25) is 0 Å². The van der Waals surface area contributed by atoms with Crippen molar-refractivity contribution in [1.82, 2.24) is 0 Å². The summed E-state index contributed by atoms with van der Waals surface area (Å²) < 4.78 is 16.6. The van der Waals surface area contributed by atoms with Gasteiger partial charge in [-0.05, 0) is 46.5 Å². The Morgan fingerprint density at radius 3 is 2.30 bits per heavy atom. The van der Waals surface area contributed by atoms with Crippen molar-refractivity contribution < 1.29 is 19.0 Å². The summed E-state index contributed by atoms with van der Waals surface area (Å²) >= 11 is 0. The second-order valence-electron chi connectivity index (χ2n) is 7.48. The van der Waals surface area contributed by atoms with Crippen LogP contribution in [-0.4, -0.2) is 33.8 Å². The van der Waals surface area contributed by atoms with E-state index in [4.69, 9.17) is 14.2 Å². The molecule has 5 nitrogen and oxygen atoms in total. The second kappa shape index (κ2) is 8.27. The number of rotatable bonds is 6. The summed E-state index contributed by atoms with van der Waals surface area (Å²) in [6.07, 6.45) is 1.31. The minimum Gasteiger partial charge on any atom is -0.493 e. The average Bonchev–Trinajstić information content (AvgIpc) is 2.79. The van der Waals surface area contributed by atoms with E-state index in [2.05, 4.69) is 37.3 Å². The van der Waals surface area contributed by atoms with E-state index in [1.165, 1.54) is 16.3 Å².